The largest absolute Gasteiger partial charge is 0.376 e. The summed E-state index contributed by atoms with van der Waals surface area (Å²) in [6, 6.07) is 8.86. The molecule has 0 bridgehead atoms. The summed E-state index contributed by atoms with van der Waals surface area (Å²) in [6.07, 6.45) is 0. The predicted octanol–water partition coefficient (Wildman–Crippen LogP) is 4.28. The molecule has 0 aliphatic rings. The molecule has 2 aromatic carbocycles. The lowest BCUT2D eigenvalue weighted by atomic mass is 10.1. The Bertz CT molecular complexity index is 554. The number of halogens is 3. The van der Waals surface area contributed by atoms with E-state index in [1.54, 1.807) is 25.1 Å². The van der Waals surface area contributed by atoms with E-state index in [0.29, 0.717) is 5.56 Å². The van der Waals surface area contributed by atoms with E-state index in [1.807, 2.05) is 0 Å². The van der Waals surface area contributed by atoms with E-state index in [4.69, 9.17) is 0 Å². The number of rotatable bonds is 3. The standard InChI is InChI=1S/C14H12F3N/c1-9(11-4-2-3-5-12(11)16)18-14-8-10(15)6-7-13(14)17/h2-9,18H,1H3. The first-order valence-corrected chi connectivity index (χ1v) is 5.54. The van der Waals surface area contributed by atoms with Crippen molar-refractivity contribution in [2.24, 2.45) is 0 Å². The molecule has 0 aliphatic carbocycles. The second-order valence-electron chi connectivity index (χ2n) is 4.01. The minimum Gasteiger partial charge on any atom is -0.376 e. The van der Waals surface area contributed by atoms with Gasteiger partial charge in [-0.25, -0.2) is 13.2 Å². The lowest BCUT2D eigenvalue weighted by molar-refractivity contribution is 0.590. The smallest absolute Gasteiger partial charge is 0.146 e. The number of hydrogen-bond donors (Lipinski definition) is 1. The molecule has 1 N–H and O–H groups in total. The molecule has 4 heteroatoms. The Morgan fingerprint density at radius 2 is 1.67 bits per heavy atom. The molecule has 0 saturated heterocycles. The predicted molar refractivity (Wildman–Crippen MR) is 64.8 cm³/mol. The van der Waals surface area contributed by atoms with Crippen LogP contribution in [0.25, 0.3) is 0 Å². The van der Waals surface area contributed by atoms with E-state index >= 15 is 0 Å². The highest BCUT2D eigenvalue weighted by molar-refractivity contribution is 5.47. The Morgan fingerprint density at radius 3 is 2.39 bits per heavy atom. The second-order valence-corrected chi connectivity index (χ2v) is 4.01. The molecule has 2 rings (SSSR count). The average molecular weight is 251 g/mol. The minimum absolute atomic E-state index is 0.0192. The van der Waals surface area contributed by atoms with Crippen LogP contribution in [0.1, 0.15) is 18.5 Å². The zero-order chi connectivity index (χ0) is 13.1. The van der Waals surface area contributed by atoms with Crippen molar-refractivity contribution in [2.45, 2.75) is 13.0 Å². The lowest BCUT2D eigenvalue weighted by Crippen LogP contribution is -2.09. The van der Waals surface area contributed by atoms with Gasteiger partial charge in [-0.2, -0.15) is 0 Å². The highest BCUT2D eigenvalue weighted by atomic mass is 19.1. The SMILES string of the molecule is CC(Nc1cc(F)ccc1F)c1ccccc1F. The van der Waals surface area contributed by atoms with Crippen LogP contribution in [0.5, 0.6) is 0 Å². The maximum absolute atomic E-state index is 13.5. The summed E-state index contributed by atoms with van der Waals surface area (Å²) in [5.41, 5.74) is 0.423. The molecule has 2 aromatic rings. The normalized spacial score (nSPS) is 12.2. The van der Waals surface area contributed by atoms with Crippen molar-refractivity contribution in [1.82, 2.24) is 0 Å². The van der Waals surface area contributed by atoms with Gasteiger partial charge in [0.15, 0.2) is 0 Å². The lowest BCUT2D eigenvalue weighted by Gasteiger charge is -2.16. The molecule has 0 aliphatic heterocycles. The van der Waals surface area contributed by atoms with Crippen molar-refractivity contribution in [3.8, 4) is 0 Å². The third-order valence-corrected chi connectivity index (χ3v) is 2.67. The van der Waals surface area contributed by atoms with Crippen LogP contribution in [0.2, 0.25) is 0 Å². The first-order chi connectivity index (χ1) is 8.58. The van der Waals surface area contributed by atoms with Gasteiger partial charge in [-0.05, 0) is 31.2 Å². The van der Waals surface area contributed by atoms with Gasteiger partial charge >= 0.3 is 0 Å². The summed E-state index contributed by atoms with van der Waals surface area (Å²) in [4.78, 5) is 0. The van der Waals surface area contributed by atoms with Crippen LogP contribution in [-0.2, 0) is 0 Å². The van der Waals surface area contributed by atoms with E-state index in [9.17, 15) is 13.2 Å². The number of hydrogen-bond acceptors (Lipinski definition) is 1. The van der Waals surface area contributed by atoms with Gasteiger partial charge in [0, 0.05) is 5.56 Å². The molecule has 94 valence electrons. The summed E-state index contributed by atoms with van der Waals surface area (Å²) in [6.45, 7) is 1.68. The number of anilines is 1. The van der Waals surface area contributed by atoms with E-state index in [2.05, 4.69) is 5.32 Å². The molecule has 0 saturated carbocycles. The average Bonchev–Trinajstić information content (AvgIpc) is 2.34. The number of nitrogens with one attached hydrogen (secondary N) is 1. The first-order valence-electron chi connectivity index (χ1n) is 5.54. The molecule has 1 nitrogen and oxygen atoms in total. The van der Waals surface area contributed by atoms with Crippen LogP contribution in [0.4, 0.5) is 18.9 Å². The molecule has 0 aromatic heterocycles. The molecular weight excluding hydrogens is 239 g/mol. The molecular formula is C14H12F3N. The summed E-state index contributed by atoms with van der Waals surface area (Å²) in [5, 5.41) is 2.75. The van der Waals surface area contributed by atoms with Crippen LogP contribution in [-0.4, -0.2) is 0 Å². The zero-order valence-electron chi connectivity index (χ0n) is 9.75. The van der Waals surface area contributed by atoms with Crippen LogP contribution in [0, 0.1) is 17.5 Å². The van der Waals surface area contributed by atoms with Gasteiger partial charge in [-0.3, -0.25) is 0 Å². The van der Waals surface area contributed by atoms with Gasteiger partial charge in [-0.15, -0.1) is 0 Å². The van der Waals surface area contributed by atoms with Crippen molar-refractivity contribution in [3.05, 3.63) is 65.5 Å². The maximum Gasteiger partial charge on any atom is 0.146 e. The van der Waals surface area contributed by atoms with Crippen molar-refractivity contribution >= 4 is 5.69 Å². The van der Waals surface area contributed by atoms with E-state index in [-0.39, 0.29) is 11.5 Å². The van der Waals surface area contributed by atoms with E-state index in [1.165, 1.54) is 6.07 Å². The van der Waals surface area contributed by atoms with Crippen molar-refractivity contribution in [2.75, 3.05) is 5.32 Å². The third-order valence-electron chi connectivity index (χ3n) is 2.67. The van der Waals surface area contributed by atoms with Gasteiger partial charge in [-0.1, -0.05) is 18.2 Å². The topological polar surface area (TPSA) is 12.0 Å². The molecule has 0 amide bonds. The van der Waals surface area contributed by atoms with Crippen LogP contribution >= 0.6 is 0 Å². The van der Waals surface area contributed by atoms with E-state index < -0.39 is 17.7 Å². The second kappa shape index (κ2) is 5.12. The molecule has 0 spiro atoms. The Kier molecular flexibility index (Phi) is 3.55. The Labute approximate surface area is 103 Å². The fourth-order valence-electron chi connectivity index (χ4n) is 1.75. The molecule has 1 unspecified atom stereocenters. The highest BCUT2D eigenvalue weighted by Crippen LogP contribution is 2.23. The van der Waals surface area contributed by atoms with Gasteiger partial charge in [0.25, 0.3) is 0 Å². The van der Waals surface area contributed by atoms with Crippen LogP contribution in [0.15, 0.2) is 42.5 Å². The van der Waals surface area contributed by atoms with Gasteiger partial charge < -0.3 is 5.32 Å². The Hall–Kier alpha value is -1.97. The van der Waals surface area contributed by atoms with Gasteiger partial charge in [0.05, 0.1) is 11.7 Å². The van der Waals surface area contributed by atoms with Crippen molar-refractivity contribution in [3.63, 3.8) is 0 Å². The fourth-order valence-corrected chi connectivity index (χ4v) is 1.75. The monoisotopic (exact) mass is 251 g/mol. The summed E-state index contributed by atoms with van der Waals surface area (Å²) < 4.78 is 39.9. The quantitative estimate of drug-likeness (QED) is 0.858. The van der Waals surface area contributed by atoms with Gasteiger partial charge in [0.1, 0.15) is 17.5 Å². The maximum atomic E-state index is 13.5. The van der Waals surface area contributed by atoms with Crippen molar-refractivity contribution in [1.29, 1.82) is 0 Å². The first kappa shape index (κ1) is 12.5. The van der Waals surface area contributed by atoms with Crippen LogP contribution < -0.4 is 5.32 Å². The molecule has 0 fully saturated rings. The Balaban J connectivity index is 2.24. The summed E-state index contributed by atoms with van der Waals surface area (Å²) in [5.74, 6) is -1.49. The molecule has 0 radical (unpaired) electrons. The summed E-state index contributed by atoms with van der Waals surface area (Å²) in [7, 11) is 0. The van der Waals surface area contributed by atoms with E-state index in [0.717, 1.165) is 18.2 Å². The highest BCUT2D eigenvalue weighted by Gasteiger charge is 2.12. The fraction of sp³-hybridized carbons (Fsp3) is 0.143. The minimum atomic E-state index is -0.570. The molecule has 18 heavy (non-hydrogen) atoms. The number of benzene rings is 2. The zero-order valence-corrected chi connectivity index (χ0v) is 9.75. The molecule has 1 atom stereocenters. The summed E-state index contributed by atoms with van der Waals surface area (Å²) >= 11 is 0. The van der Waals surface area contributed by atoms with Gasteiger partial charge in [0.2, 0.25) is 0 Å². The van der Waals surface area contributed by atoms with Crippen molar-refractivity contribution < 1.29 is 13.2 Å². The third kappa shape index (κ3) is 2.64. The van der Waals surface area contributed by atoms with Crippen LogP contribution in [0.3, 0.4) is 0 Å². The molecule has 0 heterocycles. The Morgan fingerprint density at radius 1 is 0.944 bits per heavy atom.